The van der Waals surface area contributed by atoms with Crippen LogP contribution in [-0.2, 0) is 48.2 Å². The first kappa shape index (κ1) is 39.6. The fourth-order valence-corrected chi connectivity index (χ4v) is 6.67. The number of hydrogen-bond acceptors (Lipinski definition) is 9. The maximum absolute atomic E-state index is 13.7. The number of rotatable bonds is 11. The van der Waals surface area contributed by atoms with Crippen LogP contribution >= 0.6 is 0 Å². The quantitative estimate of drug-likeness (QED) is 0.0896. The fraction of sp³-hybridized carbons (Fsp3) is 0.318. The van der Waals surface area contributed by atoms with Crippen molar-refractivity contribution in [2.75, 3.05) is 19.0 Å². The lowest BCUT2D eigenvalue weighted by Gasteiger charge is -2.34. The smallest absolute Gasteiger partial charge is 0.413 e. The van der Waals surface area contributed by atoms with Crippen molar-refractivity contribution in [1.29, 1.82) is 0 Å². The van der Waals surface area contributed by atoms with Gasteiger partial charge in [0.1, 0.15) is 36.3 Å². The minimum Gasteiger partial charge on any atom is -0.488 e. The maximum Gasteiger partial charge on any atom is 0.413 e. The number of carbonyl (C=O) groups is 4. The summed E-state index contributed by atoms with van der Waals surface area (Å²) in [6.45, 7) is 9.44. The van der Waals surface area contributed by atoms with Crippen LogP contribution in [0, 0.1) is 0 Å². The van der Waals surface area contributed by atoms with Crippen LogP contribution < -0.4 is 15.4 Å². The second-order valence-corrected chi connectivity index (χ2v) is 15.0. The Morgan fingerprint density at radius 3 is 2.21 bits per heavy atom. The van der Waals surface area contributed by atoms with E-state index in [1.54, 1.807) is 46.8 Å². The molecule has 292 valence electrons. The van der Waals surface area contributed by atoms with Crippen LogP contribution in [0.3, 0.4) is 0 Å². The van der Waals surface area contributed by atoms with E-state index in [2.05, 4.69) is 10.6 Å². The summed E-state index contributed by atoms with van der Waals surface area (Å²) >= 11 is 0. The van der Waals surface area contributed by atoms with E-state index in [4.69, 9.17) is 23.7 Å². The van der Waals surface area contributed by atoms with Gasteiger partial charge in [0.25, 0.3) is 5.91 Å². The lowest BCUT2D eigenvalue weighted by atomic mass is 9.94. The molecule has 1 saturated heterocycles. The molecule has 12 nitrogen and oxygen atoms in total. The first-order valence-corrected chi connectivity index (χ1v) is 18.4. The molecule has 6 rings (SSSR count). The Kier molecular flexibility index (Phi) is 11.8. The summed E-state index contributed by atoms with van der Waals surface area (Å²) in [5, 5.41) is 5.69. The van der Waals surface area contributed by atoms with Gasteiger partial charge in [-0.2, -0.15) is 0 Å². The summed E-state index contributed by atoms with van der Waals surface area (Å²) in [7, 11) is 1.25. The normalized spacial score (nSPS) is 17.1. The zero-order chi connectivity index (χ0) is 40.0. The highest BCUT2D eigenvalue weighted by Gasteiger charge is 2.46. The number of ether oxygens (including phenoxy) is 5. The molecule has 1 fully saturated rings. The number of esters is 1. The molecule has 0 saturated carbocycles. The zero-order valence-corrected chi connectivity index (χ0v) is 32.4. The van der Waals surface area contributed by atoms with Crippen LogP contribution in [0.15, 0.2) is 103 Å². The first-order chi connectivity index (χ1) is 26.7. The average molecular weight is 762 g/mol. The lowest BCUT2D eigenvalue weighted by molar-refractivity contribution is -0.143. The minimum atomic E-state index is -1.06. The van der Waals surface area contributed by atoms with Crippen LogP contribution in [0.2, 0.25) is 0 Å². The standard InChI is InChI=1S/C44H47N3O9/c1-43(2,3)56-42(51)47-31(27-55-44(47,4)5)24-35-33-19-13-18-32(38(33)46-39(35)48)34-22-30(20-21-37(34)53-25-28-14-9-7-10-15-28)23-36(40(49)52-6)45-41(50)54-26-29-16-11-8-12-17-29/h7-22,24,31,36H,23,25-27H2,1-6H3,(H,45,50)(H,46,48)/b35-24+/t31-,36-/m0/s1. The molecule has 2 N–H and O–H groups in total. The number of fused-ring (bicyclic) bond motifs is 1. The molecule has 0 bridgehead atoms. The lowest BCUT2D eigenvalue weighted by Crippen LogP contribution is -2.49. The molecule has 0 aromatic heterocycles. The molecule has 12 heteroatoms. The van der Waals surface area contributed by atoms with Crippen molar-refractivity contribution in [3.8, 4) is 16.9 Å². The Labute approximate surface area is 326 Å². The van der Waals surface area contributed by atoms with E-state index in [0.29, 0.717) is 39.3 Å². The number of amides is 3. The van der Waals surface area contributed by atoms with Gasteiger partial charge >= 0.3 is 18.2 Å². The van der Waals surface area contributed by atoms with Crippen LogP contribution in [0.4, 0.5) is 15.3 Å². The van der Waals surface area contributed by atoms with E-state index >= 15 is 0 Å². The van der Waals surface area contributed by atoms with Gasteiger partial charge in [0.15, 0.2) is 0 Å². The number of benzene rings is 4. The number of anilines is 1. The molecule has 56 heavy (non-hydrogen) atoms. The minimum absolute atomic E-state index is 0.0317. The number of methoxy groups -OCH3 is 1. The number of para-hydroxylation sites is 1. The molecule has 2 aliphatic rings. The van der Waals surface area contributed by atoms with Gasteiger partial charge in [-0.05, 0) is 69.5 Å². The highest BCUT2D eigenvalue weighted by Crippen LogP contribution is 2.44. The summed E-state index contributed by atoms with van der Waals surface area (Å²) in [6, 6.07) is 28.3. The van der Waals surface area contributed by atoms with Crippen LogP contribution in [0.25, 0.3) is 16.7 Å². The number of nitrogens with one attached hydrogen (secondary N) is 2. The molecular weight excluding hydrogens is 714 g/mol. The van der Waals surface area contributed by atoms with Crippen molar-refractivity contribution >= 4 is 35.3 Å². The summed E-state index contributed by atoms with van der Waals surface area (Å²) < 4.78 is 28.5. The van der Waals surface area contributed by atoms with E-state index in [-0.39, 0.29) is 32.1 Å². The zero-order valence-electron chi connectivity index (χ0n) is 32.4. The molecule has 0 aliphatic carbocycles. The fourth-order valence-electron chi connectivity index (χ4n) is 6.67. The second-order valence-electron chi connectivity index (χ2n) is 15.0. The van der Waals surface area contributed by atoms with Crippen molar-refractivity contribution in [3.05, 3.63) is 125 Å². The van der Waals surface area contributed by atoms with Gasteiger partial charge in [0, 0.05) is 28.7 Å². The number of alkyl carbamates (subject to hydrolysis) is 1. The summed E-state index contributed by atoms with van der Waals surface area (Å²) in [5.74, 6) is -0.451. The Morgan fingerprint density at radius 2 is 1.55 bits per heavy atom. The van der Waals surface area contributed by atoms with E-state index in [1.807, 2.05) is 91.0 Å². The van der Waals surface area contributed by atoms with Gasteiger partial charge in [-0.1, -0.05) is 84.9 Å². The van der Waals surface area contributed by atoms with E-state index in [9.17, 15) is 19.2 Å². The third-order valence-electron chi connectivity index (χ3n) is 9.31. The summed E-state index contributed by atoms with van der Waals surface area (Å²) in [4.78, 5) is 54.4. The van der Waals surface area contributed by atoms with Gasteiger partial charge in [-0.3, -0.25) is 9.69 Å². The first-order valence-electron chi connectivity index (χ1n) is 18.4. The molecular formula is C44H47N3O9. The van der Waals surface area contributed by atoms with Gasteiger partial charge in [-0.15, -0.1) is 0 Å². The molecule has 0 unspecified atom stereocenters. The van der Waals surface area contributed by atoms with E-state index < -0.39 is 41.6 Å². The topological polar surface area (TPSA) is 142 Å². The van der Waals surface area contributed by atoms with Crippen molar-refractivity contribution in [2.24, 2.45) is 0 Å². The predicted octanol–water partition coefficient (Wildman–Crippen LogP) is 7.65. The predicted molar refractivity (Wildman–Crippen MR) is 210 cm³/mol. The molecule has 0 spiro atoms. The molecule has 4 aromatic carbocycles. The molecule has 0 radical (unpaired) electrons. The monoisotopic (exact) mass is 761 g/mol. The van der Waals surface area contributed by atoms with Crippen LogP contribution in [0.5, 0.6) is 5.75 Å². The summed E-state index contributed by atoms with van der Waals surface area (Å²) in [6.07, 6.45) is 0.506. The van der Waals surface area contributed by atoms with Crippen LogP contribution in [0.1, 0.15) is 56.9 Å². The third kappa shape index (κ3) is 9.38. The van der Waals surface area contributed by atoms with Crippen molar-refractivity contribution in [1.82, 2.24) is 10.2 Å². The number of nitrogens with zero attached hydrogens (tertiary/aromatic N) is 1. The van der Waals surface area contributed by atoms with Gasteiger partial charge in [-0.25, -0.2) is 14.4 Å². The molecule has 4 aromatic rings. The van der Waals surface area contributed by atoms with Crippen molar-refractivity contribution in [2.45, 2.75) is 77.7 Å². The molecule has 2 aliphatic heterocycles. The number of carbonyl (C=O) groups excluding carboxylic acids is 4. The maximum atomic E-state index is 13.7. The molecule has 3 amide bonds. The van der Waals surface area contributed by atoms with Gasteiger partial charge < -0.3 is 34.3 Å². The summed E-state index contributed by atoms with van der Waals surface area (Å²) in [5.41, 5.74) is 3.63. The third-order valence-corrected chi connectivity index (χ3v) is 9.31. The Hall–Kier alpha value is -6.14. The van der Waals surface area contributed by atoms with Crippen molar-refractivity contribution in [3.63, 3.8) is 0 Å². The van der Waals surface area contributed by atoms with Crippen LogP contribution in [-0.4, -0.2) is 66.1 Å². The van der Waals surface area contributed by atoms with Crippen molar-refractivity contribution < 1.29 is 42.9 Å². The number of hydrogen-bond donors (Lipinski definition) is 2. The largest absolute Gasteiger partial charge is 0.488 e. The van der Waals surface area contributed by atoms with Gasteiger partial charge in [0.2, 0.25) is 0 Å². The Balaban J connectivity index is 1.33. The molecule has 2 atom stereocenters. The van der Waals surface area contributed by atoms with E-state index in [1.165, 1.54) is 12.0 Å². The Morgan fingerprint density at radius 1 is 0.893 bits per heavy atom. The molecule has 2 heterocycles. The highest BCUT2D eigenvalue weighted by molar-refractivity contribution is 6.33. The average Bonchev–Trinajstić information content (AvgIpc) is 3.66. The van der Waals surface area contributed by atoms with Gasteiger partial charge in [0.05, 0.1) is 25.4 Å². The van der Waals surface area contributed by atoms with E-state index in [0.717, 1.165) is 11.1 Å². The highest BCUT2D eigenvalue weighted by atomic mass is 16.6. The second kappa shape index (κ2) is 16.7. The Bertz CT molecular complexity index is 2110. The SMILES string of the molecule is COC(=O)[C@H](Cc1ccc(OCc2ccccc2)c(-c2cccc3c2NC(=O)/C3=C/[C@H]2COC(C)(C)N2C(=O)OC(C)(C)C)c1)NC(=O)OCc1ccccc1.